The van der Waals surface area contributed by atoms with Crippen LogP contribution in [-0.2, 0) is 37.5 Å². The molecule has 8 N–H and O–H groups in total. The van der Waals surface area contributed by atoms with Gasteiger partial charge in [-0.3, -0.25) is 23.4 Å². The number of hydrogen-bond acceptors (Lipinski definition) is 13. The van der Waals surface area contributed by atoms with Gasteiger partial charge in [0.15, 0.2) is 6.10 Å². The number of phosphoric acid groups is 1. The third-order valence-corrected chi connectivity index (χ3v) is 10.2. The van der Waals surface area contributed by atoms with Gasteiger partial charge in [0.25, 0.3) is 0 Å². The summed E-state index contributed by atoms with van der Waals surface area (Å²) in [5.74, 6) is -2.85. The zero-order chi connectivity index (χ0) is 46.3. The number of nitrogens with two attached hydrogens (primary N) is 1. The van der Waals surface area contributed by atoms with Gasteiger partial charge in [0.05, 0.1) is 37.6 Å². The van der Waals surface area contributed by atoms with Gasteiger partial charge in [0.2, 0.25) is 0 Å². The first kappa shape index (κ1) is 58.8. The lowest BCUT2D eigenvalue weighted by atomic mass is 10.0. The Morgan fingerprint density at radius 2 is 1.19 bits per heavy atom. The molecule has 7 unspecified atom stereocenters. The van der Waals surface area contributed by atoms with Gasteiger partial charge in [0, 0.05) is 12.8 Å². The van der Waals surface area contributed by atoms with E-state index in [4.69, 9.17) is 24.8 Å². The minimum atomic E-state index is -4.83. The SMILES string of the molecule is CCCCCCCCCCCCCCCCCC(=O)OCC(COP(=O)(O)OCC(N)C(=O)O)OC(=O)CCC(O)/C=C/C(O)/C=C/C=C/C=C\C(O)C/C=C/C/C=C\C(C)O. The summed E-state index contributed by atoms with van der Waals surface area (Å²) >= 11 is 0. The van der Waals surface area contributed by atoms with Crippen molar-refractivity contribution in [2.24, 2.45) is 5.73 Å². The molecule has 62 heavy (non-hydrogen) atoms. The summed E-state index contributed by atoms with van der Waals surface area (Å²) in [6, 6.07) is -1.59. The van der Waals surface area contributed by atoms with E-state index >= 15 is 0 Å². The van der Waals surface area contributed by atoms with Gasteiger partial charge in [-0.2, -0.15) is 0 Å². The summed E-state index contributed by atoms with van der Waals surface area (Å²) in [5.41, 5.74) is 5.31. The van der Waals surface area contributed by atoms with Crippen LogP contribution in [0.25, 0.3) is 0 Å². The topological polar surface area (TPSA) is 253 Å². The number of aliphatic hydroxyl groups is 4. The van der Waals surface area contributed by atoms with E-state index in [2.05, 4.69) is 11.4 Å². The molecule has 0 bridgehead atoms. The van der Waals surface area contributed by atoms with Gasteiger partial charge < -0.3 is 45.6 Å². The van der Waals surface area contributed by atoms with E-state index in [9.17, 15) is 44.3 Å². The molecule has 0 heterocycles. The maximum absolute atomic E-state index is 12.7. The van der Waals surface area contributed by atoms with Crippen LogP contribution in [0.5, 0.6) is 0 Å². The lowest BCUT2D eigenvalue weighted by molar-refractivity contribution is -0.161. The van der Waals surface area contributed by atoms with Crippen LogP contribution in [0, 0.1) is 0 Å². The standard InChI is InChI=1S/C46H78NO14P/c1-3-4-5-6-7-8-9-10-11-12-13-14-15-16-25-30-44(52)58-35-42(36-59-62(56,57)60-37-43(47)46(54)55)61-45(53)34-33-41(51)32-31-40(50)29-24-20-19-23-28-39(49)27-22-18-17-21-26-38(2)48/h18-24,26,28-29,31-32,38-43,48-51H,3-17,25,27,30,33-37,47H2,1-2H3,(H,54,55)(H,56,57)/b20-19+,22-18+,26-21-,28-23-,29-24+,32-31+. The number of aliphatic carboxylic acids is 1. The second-order valence-electron chi connectivity index (χ2n) is 15.3. The Hall–Kier alpha value is -3.24. The predicted molar refractivity (Wildman–Crippen MR) is 241 cm³/mol. The third-order valence-electron chi connectivity index (χ3n) is 9.25. The number of rotatable bonds is 40. The average molecular weight is 900 g/mol. The number of carbonyl (C=O) groups is 3. The largest absolute Gasteiger partial charge is 0.480 e. The van der Waals surface area contributed by atoms with Crippen LogP contribution >= 0.6 is 7.82 Å². The molecule has 7 atom stereocenters. The molecular weight excluding hydrogens is 821 g/mol. The highest BCUT2D eigenvalue weighted by atomic mass is 31.2. The van der Waals surface area contributed by atoms with Gasteiger partial charge in [-0.05, 0) is 32.6 Å². The minimum absolute atomic E-state index is 0.103. The Bertz CT molecular complexity index is 1400. The van der Waals surface area contributed by atoms with Gasteiger partial charge >= 0.3 is 25.7 Å². The first-order chi connectivity index (χ1) is 29.6. The zero-order valence-corrected chi connectivity index (χ0v) is 38.0. The molecule has 0 rings (SSSR count). The maximum atomic E-state index is 12.7. The quantitative estimate of drug-likeness (QED) is 0.0103. The van der Waals surface area contributed by atoms with Crippen molar-refractivity contribution in [3.8, 4) is 0 Å². The van der Waals surface area contributed by atoms with Gasteiger partial charge in [-0.1, -0.05) is 170 Å². The third kappa shape index (κ3) is 39.6. The molecule has 16 heteroatoms. The molecule has 0 amide bonds. The Morgan fingerprint density at radius 3 is 1.77 bits per heavy atom. The summed E-state index contributed by atoms with van der Waals surface area (Å²) in [7, 11) is -4.83. The number of hydrogen-bond donors (Lipinski definition) is 7. The molecule has 0 radical (unpaired) electrons. The van der Waals surface area contributed by atoms with Crippen molar-refractivity contribution in [1.29, 1.82) is 0 Å². The van der Waals surface area contributed by atoms with Gasteiger partial charge in [-0.25, -0.2) is 4.57 Å². The predicted octanol–water partition coefficient (Wildman–Crippen LogP) is 7.61. The fourth-order valence-electron chi connectivity index (χ4n) is 5.65. The van der Waals surface area contributed by atoms with E-state index in [1.165, 1.54) is 82.4 Å². The highest BCUT2D eigenvalue weighted by molar-refractivity contribution is 7.47. The lowest BCUT2D eigenvalue weighted by Crippen LogP contribution is -2.34. The van der Waals surface area contributed by atoms with E-state index in [0.717, 1.165) is 25.7 Å². The normalized spacial score (nSPS) is 16.4. The van der Waals surface area contributed by atoms with E-state index in [-0.39, 0.29) is 19.3 Å². The average Bonchev–Trinajstić information content (AvgIpc) is 3.23. The number of carboxylic acids is 1. The molecule has 0 saturated carbocycles. The second kappa shape index (κ2) is 39.4. The number of esters is 2. The van der Waals surface area contributed by atoms with Gasteiger partial charge in [0.1, 0.15) is 12.6 Å². The number of carboxylic acid groups (broad SMARTS) is 1. The molecule has 15 nitrogen and oxygen atoms in total. The fraction of sp³-hybridized carbons (Fsp3) is 0.674. The van der Waals surface area contributed by atoms with Crippen molar-refractivity contribution in [2.75, 3.05) is 19.8 Å². The summed E-state index contributed by atoms with van der Waals surface area (Å²) < 4.78 is 32.4. The first-order valence-electron chi connectivity index (χ1n) is 22.3. The summed E-state index contributed by atoms with van der Waals surface area (Å²) in [5, 5.41) is 48.6. The molecule has 0 aliphatic heterocycles. The molecule has 0 saturated heterocycles. The number of aliphatic hydroxyl groups excluding tert-OH is 4. The number of phosphoric ester groups is 1. The van der Waals surface area contributed by atoms with Crippen LogP contribution in [-0.4, -0.2) is 105 Å². The summed E-state index contributed by atoms with van der Waals surface area (Å²) in [6.45, 7) is 1.84. The first-order valence-corrected chi connectivity index (χ1v) is 23.8. The molecule has 0 aliphatic rings. The van der Waals surface area contributed by atoms with Crippen molar-refractivity contribution in [3.63, 3.8) is 0 Å². The van der Waals surface area contributed by atoms with Crippen LogP contribution in [0.15, 0.2) is 72.9 Å². The van der Waals surface area contributed by atoms with Crippen LogP contribution < -0.4 is 5.73 Å². The maximum Gasteiger partial charge on any atom is 0.472 e. The number of allylic oxidation sites excluding steroid dienone is 6. The van der Waals surface area contributed by atoms with Crippen molar-refractivity contribution >= 4 is 25.7 Å². The number of unbranched alkanes of at least 4 members (excludes halogenated alkanes) is 14. The molecule has 0 aromatic carbocycles. The van der Waals surface area contributed by atoms with Crippen LogP contribution in [0.4, 0.5) is 0 Å². The molecule has 0 spiro atoms. The highest BCUT2D eigenvalue weighted by Gasteiger charge is 2.28. The molecule has 0 fully saturated rings. The molecule has 0 aromatic heterocycles. The monoisotopic (exact) mass is 900 g/mol. The lowest BCUT2D eigenvalue weighted by Gasteiger charge is -2.20. The van der Waals surface area contributed by atoms with Crippen molar-refractivity contribution < 1.29 is 67.9 Å². The summed E-state index contributed by atoms with van der Waals surface area (Å²) in [6.07, 6.45) is 33.4. The van der Waals surface area contributed by atoms with Crippen LogP contribution in [0.2, 0.25) is 0 Å². The Morgan fingerprint density at radius 1 is 0.629 bits per heavy atom. The number of ether oxygens (including phenoxy) is 2. The second-order valence-corrected chi connectivity index (χ2v) is 16.8. The summed E-state index contributed by atoms with van der Waals surface area (Å²) in [4.78, 5) is 46.0. The van der Waals surface area contributed by atoms with E-state index in [1.54, 1.807) is 43.4 Å². The Kier molecular flexibility index (Phi) is 37.3. The molecule has 0 aliphatic carbocycles. The minimum Gasteiger partial charge on any atom is -0.480 e. The highest BCUT2D eigenvalue weighted by Crippen LogP contribution is 2.43. The van der Waals surface area contributed by atoms with E-state index in [1.807, 2.05) is 18.2 Å². The number of carbonyl (C=O) groups excluding carboxylic acids is 2. The molecule has 356 valence electrons. The van der Waals surface area contributed by atoms with Crippen LogP contribution in [0.1, 0.15) is 142 Å². The fourth-order valence-corrected chi connectivity index (χ4v) is 6.43. The van der Waals surface area contributed by atoms with Gasteiger partial charge in [-0.15, -0.1) is 0 Å². The Balaban J connectivity index is 4.76. The van der Waals surface area contributed by atoms with E-state index in [0.29, 0.717) is 19.3 Å². The molecule has 0 aromatic rings. The van der Waals surface area contributed by atoms with Crippen LogP contribution in [0.3, 0.4) is 0 Å². The molecular formula is C46H78NO14P. The zero-order valence-electron chi connectivity index (χ0n) is 37.1. The van der Waals surface area contributed by atoms with Crippen molar-refractivity contribution in [1.82, 2.24) is 0 Å². The Labute approximate surface area is 370 Å². The van der Waals surface area contributed by atoms with E-state index < -0.39 is 82.1 Å². The smallest absolute Gasteiger partial charge is 0.472 e. The van der Waals surface area contributed by atoms with Crippen molar-refractivity contribution in [3.05, 3.63) is 72.9 Å². The van der Waals surface area contributed by atoms with Crippen molar-refractivity contribution in [2.45, 2.75) is 179 Å².